The Morgan fingerprint density at radius 2 is 1.95 bits per heavy atom. The Balaban J connectivity index is 2.14. The van der Waals surface area contributed by atoms with E-state index in [4.69, 9.17) is 22.1 Å². The lowest BCUT2D eigenvalue weighted by Gasteiger charge is -2.09. The largest absolute Gasteiger partial charge is 0.489 e. The van der Waals surface area contributed by atoms with Gasteiger partial charge in [0.25, 0.3) is 0 Å². The Hall–Kier alpha value is -1.65. The molecule has 100 valence electrons. The van der Waals surface area contributed by atoms with Gasteiger partial charge < -0.3 is 10.5 Å². The van der Waals surface area contributed by atoms with Crippen molar-refractivity contribution in [3.63, 3.8) is 0 Å². The maximum absolute atomic E-state index is 13.6. The average Bonchev–Trinajstić information content (AvgIpc) is 2.40. The molecule has 5 heteroatoms. The number of hydrogen-bond donors (Lipinski definition) is 1. The van der Waals surface area contributed by atoms with E-state index in [1.54, 1.807) is 18.2 Å². The van der Waals surface area contributed by atoms with Gasteiger partial charge in [-0.25, -0.2) is 8.78 Å². The highest BCUT2D eigenvalue weighted by atomic mass is 35.5. The van der Waals surface area contributed by atoms with Crippen LogP contribution in [0, 0.1) is 11.6 Å². The Bertz CT molecular complexity index is 590. The molecule has 2 aromatic carbocycles. The Morgan fingerprint density at radius 3 is 2.68 bits per heavy atom. The normalized spacial score (nSPS) is 10.5. The van der Waals surface area contributed by atoms with Crippen molar-refractivity contribution in [1.29, 1.82) is 0 Å². The molecule has 19 heavy (non-hydrogen) atoms. The molecule has 0 amide bonds. The quantitative estimate of drug-likeness (QED) is 0.929. The molecule has 0 heterocycles. The number of benzene rings is 2. The molecule has 0 aliphatic carbocycles. The van der Waals surface area contributed by atoms with Crippen LogP contribution in [0.2, 0.25) is 5.02 Å². The average molecular weight is 284 g/mol. The predicted octanol–water partition coefficient (Wildman–Crippen LogP) is 3.66. The Labute approximate surface area is 114 Å². The zero-order valence-electron chi connectivity index (χ0n) is 10.00. The van der Waals surface area contributed by atoms with Crippen LogP contribution < -0.4 is 10.5 Å². The zero-order chi connectivity index (χ0) is 13.8. The predicted molar refractivity (Wildman–Crippen MR) is 70.0 cm³/mol. The van der Waals surface area contributed by atoms with Gasteiger partial charge in [-0.2, -0.15) is 0 Å². The molecule has 2 aromatic rings. The standard InChI is InChI=1S/C14H12ClF2NO/c15-13-3-1-2-10(14(13)17)8-19-12-5-9(7-18)4-11(16)6-12/h1-6H,7-8,18H2. The van der Waals surface area contributed by atoms with Crippen LogP contribution in [0.4, 0.5) is 8.78 Å². The highest BCUT2D eigenvalue weighted by Crippen LogP contribution is 2.21. The third kappa shape index (κ3) is 3.43. The van der Waals surface area contributed by atoms with Crippen molar-refractivity contribution in [1.82, 2.24) is 0 Å². The molecule has 0 spiro atoms. The number of nitrogens with two attached hydrogens (primary N) is 1. The molecule has 0 bridgehead atoms. The lowest BCUT2D eigenvalue weighted by molar-refractivity contribution is 0.298. The fraction of sp³-hybridized carbons (Fsp3) is 0.143. The van der Waals surface area contributed by atoms with Gasteiger partial charge in [-0.05, 0) is 23.8 Å². The van der Waals surface area contributed by atoms with E-state index >= 15 is 0 Å². The fourth-order valence-corrected chi connectivity index (χ4v) is 1.84. The minimum atomic E-state index is -0.528. The second kappa shape index (κ2) is 5.99. The molecular formula is C14H12ClF2NO. The zero-order valence-corrected chi connectivity index (χ0v) is 10.8. The van der Waals surface area contributed by atoms with Crippen LogP contribution in [0.1, 0.15) is 11.1 Å². The van der Waals surface area contributed by atoms with E-state index < -0.39 is 11.6 Å². The summed E-state index contributed by atoms with van der Waals surface area (Å²) in [6.07, 6.45) is 0. The summed E-state index contributed by atoms with van der Waals surface area (Å²) in [6, 6.07) is 8.81. The minimum Gasteiger partial charge on any atom is -0.489 e. The molecule has 0 radical (unpaired) electrons. The number of hydrogen-bond acceptors (Lipinski definition) is 2. The molecule has 0 atom stereocenters. The lowest BCUT2D eigenvalue weighted by atomic mass is 10.2. The van der Waals surface area contributed by atoms with E-state index in [2.05, 4.69) is 0 Å². The molecule has 0 saturated heterocycles. The van der Waals surface area contributed by atoms with Crippen molar-refractivity contribution in [3.05, 3.63) is 64.2 Å². The van der Waals surface area contributed by atoms with Crippen LogP contribution in [0.5, 0.6) is 5.75 Å². The summed E-state index contributed by atoms with van der Waals surface area (Å²) in [7, 11) is 0. The third-order valence-corrected chi connectivity index (χ3v) is 2.88. The minimum absolute atomic E-state index is 0.0279. The molecule has 0 aromatic heterocycles. The van der Waals surface area contributed by atoms with Crippen LogP contribution in [-0.2, 0) is 13.2 Å². The number of rotatable bonds is 4. The molecule has 2 N–H and O–H groups in total. The maximum atomic E-state index is 13.6. The summed E-state index contributed by atoms with van der Waals surface area (Å²) < 4.78 is 32.2. The van der Waals surface area contributed by atoms with E-state index in [-0.39, 0.29) is 18.2 Å². The summed E-state index contributed by atoms with van der Waals surface area (Å²) in [4.78, 5) is 0. The molecule has 0 aliphatic rings. The van der Waals surface area contributed by atoms with Crippen molar-refractivity contribution in [2.24, 2.45) is 5.73 Å². The van der Waals surface area contributed by atoms with Crippen LogP contribution in [-0.4, -0.2) is 0 Å². The first-order valence-electron chi connectivity index (χ1n) is 5.65. The van der Waals surface area contributed by atoms with Gasteiger partial charge in [0.05, 0.1) is 5.02 Å². The van der Waals surface area contributed by atoms with E-state index in [0.717, 1.165) is 0 Å². The van der Waals surface area contributed by atoms with Gasteiger partial charge in [0.2, 0.25) is 0 Å². The summed E-state index contributed by atoms with van der Waals surface area (Å²) >= 11 is 5.66. The van der Waals surface area contributed by atoms with Crippen molar-refractivity contribution in [2.75, 3.05) is 0 Å². The summed E-state index contributed by atoms with van der Waals surface area (Å²) in [6.45, 7) is 0.180. The molecule has 0 fully saturated rings. The van der Waals surface area contributed by atoms with Gasteiger partial charge in [0, 0.05) is 18.2 Å². The Morgan fingerprint density at radius 1 is 1.16 bits per heavy atom. The maximum Gasteiger partial charge on any atom is 0.148 e. The van der Waals surface area contributed by atoms with Gasteiger partial charge in [-0.3, -0.25) is 0 Å². The highest BCUT2D eigenvalue weighted by molar-refractivity contribution is 6.30. The van der Waals surface area contributed by atoms with Gasteiger partial charge >= 0.3 is 0 Å². The third-order valence-electron chi connectivity index (χ3n) is 2.59. The SMILES string of the molecule is NCc1cc(F)cc(OCc2cccc(Cl)c2F)c1. The smallest absolute Gasteiger partial charge is 0.148 e. The van der Waals surface area contributed by atoms with Gasteiger partial charge in [-0.1, -0.05) is 23.7 Å². The fourth-order valence-electron chi connectivity index (χ4n) is 1.64. The summed E-state index contributed by atoms with van der Waals surface area (Å²) in [5.74, 6) is -0.663. The summed E-state index contributed by atoms with van der Waals surface area (Å²) in [5, 5.41) is 0.0305. The van der Waals surface area contributed by atoms with Gasteiger partial charge in [0.15, 0.2) is 0 Å². The van der Waals surface area contributed by atoms with E-state index in [1.165, 1.54) is 18.2 Å². The molecule has 0 saturated carbocycles. The second-order valence-electron chi connectivity index (χ2n) is 4.00. The molecule has 2 rings (SSSR count). The van der Waals surface area contributed by atoms with E-state index in [9.17, 15) is 8.78 Å². The van der Waals surface area contributed by atoms with Gasteiger partial charge in [-0.15, -0.1) is 0 Å². The van der Waals surface area contributed by atoms with Crippen molar-refractivity contribution in [3.8, 4) is 5.75 Å². The first kappa shape index (κ1) is 13.8. The van der Waals surface area contributed by atoms with Crippen molar-refractivity contribution < 1.29 is 13.5 Å². The second-order valence-corrected chi connectivity index (χ2v) is 4.41. The van der Waals surface area contributed by atoms with Crippen LogP contribution in [0.25, 0.3) is 0 Å². The topological polar surface area (TPSA) is 35.2 Å². The lowest BCUT2D eigenvalue weighted by Crippen LogP contribution is -2.01. The monoisotopic (exact) mass is 283 g/mol. The van der Waals surface area contributed by atoms with Crippen molar-refractivity contribution >= 4 is 11.6 Å². The first-order valence-corrected chi connectivity index (χ1v) is 6.03. The molecule has 0 aliphatic heterocycles. The van der Waals surface area contributed by atoms with E-state index in [0.29, 0.717) is 16.9 Å². The van der Waals surface area contributed by atoms with Crippen LogP contribution in [0.15, 0.2) is 36.4 Å². The van der Waals surface area contributed by atoms with Gasteiger partial charge in [0.1, 0.15) is 24.0 Å². The highest BCUT2D eigenvalue weighted by Gasteiger charge is 2.07. The molecule has 0 unspecified atom stereocenters. The first-order chi connectivity index (χ1) is 9.10. The summed E-state index contributed by atoms with van der Waals surface area (Å²) in [5.41, 5.74) is 6.36. The number of ether oxygens (including phenoxy) is 1. The number of halogens is 3. The van der Waals surface area contributed by atoms with Crippen LogP contribution in [0.3, 0.4) is 0 Å². The van der Waals surface area contributed by atoms with E-state index in [1.807, 2.05) is 0 Å². The van der Waals surface area contributed by atoms with Crippen molar-refractivity contribution in [2.45, 2.75) is 13.2 Å². The molecular weight excluding hydrogens is 272 g/mol. The van der Waals surface area contributed by atoms with Crippen LogP contribution >= 0.6 is 11.6 Å². The molecule has 2 nitrogen and oxygen atoms in total. The Kier molecular flexibility index (Phi) is 4.35.